The van der Waals surface area contributed by atoms with Crippen LogP contribution in [-0.2, 0) is 9.53 Å². The maximum absolute atomic E-state index is 13.3. The zero-order valence-electron chi connectivity index (χ0n) is 22.8. The van der Waals surface area contributed by atoms with Crippen molar-refractivity contribution >= 4 is 24.2 Å². The number of ether oxygens (including phenoxy) is 1. The SMILES string of the molecule is CCC(NC(=O)OC)C1CCC(CN2CC(NC(=O)CN=C3NC=NC4C=CC(C(F)(F)F)=CC34C)C2)CC1. The number of amides is 2. The molecule has 9 nitrogen and oxygen atoms in total. The van der Waals surface area contributed by atoms with Gasteiger partial charge in [0.15, 0.2) is 0 Å². The lowest BCUT2D eigenvalue weighted by atomic mass is 9.75. The third kappa shape index (κ3) is 7.01. The van der Waals surface area contributed by atoms with Crippen LogP contribution in [0.15, 0.2) is 33.8 Å². The average molecular weight is 553 g/mol. The summed E-state index contributed by atoms with van der Waals surface area (Å²) < 4.78 is 44.6. The molecule has 0 radical (unpaired) electrons. The van der Waals surface area contributed by atoms with E-state index in [1.54, 1.807) is 6.92 Å². The fourth-order valence-electron chi connectivity index (χ4n) is 6.13. The average Bonchev–Trinajstić information content (AvgIpc) is 2.88. The Balaban J connectivity index is 1.20. The number of fused-ring (bicyclic) bond motifs is 1. The van der Waals surface area contributed by atoms with E-state index in [2.05, 4.69) is 37.8 Å². The van der Waals surface area contributed by atoms with Gasteiger partial charge in [0.05, 0.1) is 36.5 Å². The molecule has 4 rings (SSSR count). The van der Waals surface area contributed by atoms with Crippen LogP contribution in [0.1, 0.15) is 46.0 Å². The molecule has 2 aliphatic heterocycles. The number of hydrogen-bond acceptors (Lipinski definition) is 6. The molecule has 39 heavy (non-hydrogen) atoms. The van der Waals surface area contributed by atoms with E-state index in [1.165, 1.54) is 19.5 Å². The maximum atomic E-state index is 13.3. The first-order valence-electron chi connectivity index (χ1n) is 13.7. The molecule has 0 aromatic heterocycles. The Morgan fingerprint density at radius 3 is 2.64 bits per heavy atom. The number of nitrogens with zero attached hydrogens (tertiary/aromatic N) is 3. The topological polar surface area (TPSA) is 107 Å². The van der Waals surface area contributed by atoms with Crippen molar-refractivity contribution in [3.05, 3.63) is 23.8 Å². The van der Waals surface area contributed by atoms with E-state index in [1.807, 2.05) is 0 Å². The predicted molar refractivity (Wildman–Crippen MR) is 143 cm³/mol. The van der Waals surface area contributed by atoms with Gasteiger partial charge in [-0.05, 0) is 50.9 Å². The molecule has 0 aromatic carbocycles. The second-order valence-electron chi connectivity index (χ2n) is 11.2. The lowest BCUT2D eigenvalue weighted by Gasteiger charge is -2.43. The van der Waals surface area contributed by atoms with Crippen molar-refractivity contribution in [3.8, 4) is 0 Å². The molecule has 0 aromatic rings. The number of carbonyl (C=O) groups is 2. The Morgan fingerprint density at radius 1 is 1.28 bits per heavy atom. The van der Waals surface area contributed by atoms with Gasteiger partial charge in [-0.1, -0.05) is 25.2 Å². The highest BCUT2D eigenvalue weighted by Crippen LogP contribution is 2.40. The van der Waals surface area contributed by atoms with Gasteiger partial charge in [-0.2, -0.15) is 13.2 Å². The third-order valence-electron chi connectivity index (χ3n) is 8.41. The molecular formula is C27H39F3N6O3. The highest BCUT2D eigenvalue weighted by molar-refractivity contribution is 6.01. The van der Waals surface area contributed by atoms with Crippen molar-refractivity contribution < 1.29 is 27.5 Å². The summed E-state index contributed by atoms with van der Waals surface area (Å²) in [5, 5.41) is 8.79. The van der Waals surface area contributed by atoms with Crippen molar-refractivity contribution in [2.24, 2.45) is 27.2 Å². The van der Waals surface area contributed by atoms with Crippen LogP contribution in [0.4, 0.5) is 18.0 Å². The van der Waals surface area contributed by atoms with E-state index in [0.717, 1.165) is 63.9 Å². The van der Waals surface area contributed by atoms with Crippen LogP contribution in [0, 0.1) is 17.3 Å². The first-order valence-corrected chi connectivity index (χ1v) is 13.7. The number of rotatable bonds is 8. The molecule has 2 amide bonds. The predicted octanol–water partition coefficient (Wildman–Crippen LogP) is 3.19. The highest BCUT2D eigenvalue weighted by atomic mass is 19.4. The van der Waals surface area contributed by atoms with Crippen LogP contribution in [0.25, 0.3) is 0 Å². The number of halogens is 3. The fourth-order valence-corrected chi connectivity index (χ4v) is 6.13. The molecule has 2 fully saturated rings. The maximum Gasteiger partial charge on any atom is 0.416 e. The van der Waals surface area contributed by atoms with Gasteiger partial charge >= 0.3 is 12.3 Å². The second-order valence-corrected chi connectivity index (χ2v) is 11.2. The molecule has 2 aliphatic carbocycles. The second kappa shape index (κ2) is 12.1. The zero-order valence-corrected chi connectivity index (χ0v) is 22.8. The number of hydrogen-bond donors (Lipinski definition) is 3. The lowest BCUT2D eigenvalue weighted by Crippen LogP contribution is -2.60. The number of alkyl carbamates (subject to hydrolysis) is 1. The van der Waals surface area contributed by atoms with Crippen LogP contribution in [0.2, 0.25) is 0 Å². The number of aliphatic imine (C=N–C) groups is 2. The zero-order chi connectivity index (χ0) is 28.2. The molecule has 1 saturated carbocycles. The number of methoxy groups -OCH3 is 1. The lowest BCUT2D eigenvalue weighted by molar-refractivity contribution is -0.121. The Kier molecular flexibility index (Phi) is 9.03. The summed E-state index contributed by atoms with van der Waals surface area (Å²) in [6.45, 7) is 6.09. The standard InChI is InChI=1S/C27H39F3N6O3/c1-4-21(35-25(38)39-3)18-7-5-17(6-8-18)13-36-14-20(15-36)34-23(37)12-31-24-26(2)11-19(27(28,29)30)9-10-22(26)32-16-33-24/h9-11,16-18,20-22H,4-8,12-15H2,1-3H3,(H,34,37)(H,35,38)(H,31,32,33). The van der Waals surface area contributed by atoms with Crippen molar-refractivity contribution in [2.45, 2.75) is 70.3 Å². The minimum atomic E-state index is -4.47. The Hall–Kier alpha value is -2.89. The van der Waals surface area contributed by atoms with Gasteiger partial charge in [-0.15, -0.1) is 0 Å². The summed E-state index contributed by atoms with van der Waals surface area (Å²) in [6.07, 6.45) is 5.44. The quantitative estimate of drug-likeness (QED) is 0.429. The van der Waals surface area contributed by atoms with Crippen LogP contribution in [0.5, 0.6) is 0 Å². The van der Waals surface area contributed by atoms with Crippen molar-refractivity contribution in [3.63, 3.8) is 0 Å². The Morgan fingerprint density at radius 2 is 2.00 bits per heavy atom. The molecule has 216 valence electrons. The molecule has 1 saturated heterocycles. The highest BCUT2D eigenvalue weighted by Gasteiger charge is 2.45. The minimum absolute atomic E-state index is 0.0429. The van der Waals surface area contributed by atoms with Gasteiger partial charge in [0.2, 0.25) is 5.91 Å². The van der Waals surface area contributed by atoms with Crippen LogP contribution in [0.3, 0.4) is 0 Å². The molecule has 3 unspecified atom stereocenters. The number of allylic oxidation sites excluding steroid dienone is 2. The summed E-state index contributed by atoms with van der Waals surface area (Å²) in [4.78, 5) is 35.1. The number of carbonyl (C=O) groups excluding carboxylic acids is 2. The number of likely N-dealkylation sites (tertiary alicyclic amines) is 1. The third-order valence-corrected chi connectivity index (χ3v) is 8.41. The Labute approximate surface area is 227 Å². The van der Waals surface area contributed by atoms with E-state index in [9.17, 15) is 22.8 Å². The van der Waals surface area contributed by atoms with E-state index in [-0.39, 0.29) is 30.6 Å². The number of nitrogens with one attached hydrogen (secondary N) is 3. The first kappa shape index (κ1) is 29.1. The molecule has 3 N–H and O–H groups in total. The summed E-state index contributed by atoms with van der Waals surface area (Å²) in [6, 6.07) is -0.326. The Bertz CT molecular complexity index is 1030. The molecule has 4 aliphatic rings. The molecule has 0 bridgehead atoms. The molecule has 2 heterocycles. The number of alkyl halides is 3. The first-order chi connectivity index (χ1) is 18.5. The van der Waals surface area contributed by atoms with Gasteiger partial charge in [0, 0.05) is 25.7 Å². The van der Waals surface area contributed by atoms with Crippen LogP contribution >= 0.6 is 0 Å². The van der Waals surface area contributed by atoms with Gasteiger partial charge in [-0.25, -0.2) is 4.79 Å². The fraction of sp³-hybridized carbons (Fsp3) is 0.704. The summed E-state index contributed by atoms with van der Waals surface area (Å²) in [5.41, 5.74) is -1.85. The van der Waals surface area contributed by atoms with Crippen molar-refractivity contribution in [2.75, 3.05) is 33.3 Å². The molecular weight excluding hydrogens is 513 g/mol. The van der Waals surface area contributed by atoms with Crippen LogP contribution < -0.4 is 16.0 Å². The monoisotopic (exact) mass is 552 g/mol. The van der Waals surface area contributed by atoms with E-state index < -0.39 is 23.2 Å². The van der Waals surface area contributed by atoms with Crippen LogP contribution in [-0.4, -0.2) is 86.7 Å². The van der Waals surface area contributed by atoms with Gasteiger partial charge < -0.3 is 20.7 Å². The van der Waals surface area contributed by atoms with E-state index in [0.29, 0.717) is 17.7 Å². The normalized spacial score (nSPS) is 31.0. The summed E-state index contributed by atoms with van der Waals surface area (Å²) in [7, 11) is 1.38. The minimum Gasteiger partial charge on any atom is -0.453 e. The van der Waals surface area contributed by atoms with Crippen molar-refractivity contribution in [1.82, 2.24) is 20.9 Å². The van der Waals surface area contributed by atoms with E-state index in [4.69, 9.17) is 4.74 Å². The summed E-state index contributed by atoms with van der Waals surface area (Å²) in [5.74, 6) is 1.11. The smallest absolute Gasteiger partial charge is 0.416 e. The van der Waals surface area contributed by atoms with Gasteiger partial charge in [0.1, 0.15) is 12.4 Å². The van der Waals surface area contributed by atoms with E-state index >= 15 is 0 Å². The molecule has 12 heteroatoms. The van der Waals surface area contributed by atoms with Crippen molar-refractivity contribution in [1.29, 1.82) is 0 Å². The molecule has 0 spiro atoms. The molecule has 3 atom stereocenters. The van der Waals surface area contributed by atoms with Gasteiger partial charge in [0.25, 0.3) is 0 Å². The van der Waals surface area contributed by atoms with Gasteiger partial charge in [-0.3, -0.25) is 19.7 Å². The summed E-state index contributed by atoms with van der Waals surface area (Å²) >= 11 is 0. The largest absolute Gasteiger partial charge is 0.453 e. The number of amidine groups is 1.